The Balaban J connectivity index is 1.99. The SMILES string of the molecule is Cc1ccc(N2C(=O)C=C(n3nc(C)nc3N)C2=O)cc1. The Morgan fingerprint density at radius 2 is 1.76 bits per heavy atom. The molecule has 1 aliphatic heterocycles. The molecule has 1 aromatic carbocycles. The molecule has 2 heterocycles. The Kier molecular flexibility index (Phi) is 2.83. The van der Waals surface area contributed by atoms with Gasteiger partial charge < -0.3 is 5.73 Å². The zero-order valence-corrected chi connectivity index (χ0v) is 11.6. The highest BCUT2D eigenvalue weighted by Gasteiger charge is 2.34. The number of aryl methyl sites for hydroxylation is 2. The van der Waals surface area contributed by atoms with E-state index in [1.807, 2.05) is 19.1 Å². The molecule has 0 saturated heterocycles. The van der Waals surface area contributed by atoms with Crippen molar-refractivity contribution in [3.8, 4) is 0 Å². The van der Waals surface area contributed by atoms with Gasteiger partial charge in [-0.2, -0.15) is 9.67 Å². The number of carbonyl (C=O) groups is 2. The number of hydrogen-bond acceptors (Lipinski definition) is 5. The Labute approximate surface area is 120 Å². The van der Waals surface area contributed by atoms with Gasteiger partial charge in [0.05, 0.1) is 5.69 Å². The van der Waals surface area contributed by atoms with Crippen LogP contribution in [0.3, 0.4) is 0 Å². The number of carbonyl (C=O) groups excluding carboxylic acids is 2. The summed E-state index contributed by atoms with van der Waals surface area (Å²) in [5.41, 5.74) is 7.35. The van der Waals surface area contributed by atoms with Crippen LogP contribution in [0.25, 0.3) is 5.70 Å². The second kappa shape index (κ2) is 4.55. The number of rotatable bonds is 2. The maximum atomic E-state index is 12.5. The van der Waals surface area contributed by atoms with Gasteiger partial charge in [0.15, 0.2) is 0 Å². The third-order valence-electron chi connectivity index (χ3n) is 3.16. The molecule has 0 atom stereocenters. The van der Waals surface area contributed by atoms with Crippen molar-refractivity contribution in [3.05, 3.63) is 41.7 Å². The van der Waals surface area contributed by atoms with Gasteiger partial charge in [0.1, 0.15) is 11.5 Å². The van der Waals surface area contributed by atoms with Gasteiger partial charge in [0.2, 0.25) is 5.95 Å². The van der Waals surface area contributed by atoms with Crippen LogP contribution < -0.4 is 10.6 Å². The van der Waals surface area contributed by atoms with E-state index in [0.29, 0.717) is 11.5 Å². The molecule has 0 saturated carbocycles. The Bertz CT molecular complexity index is 773. The van der Waals surface area contributed by atoms with E-state index in [2.05, 4.69) is 10.1 Å². The summed E-state index contributed by atoms with van der Waals surface area (Å²) < 4.78 is 1.18. The molecule has 2 amide bonds. The first-order valence-electron chi connectivity index (χ1n) is 6.33. The number of imide groups is 1. The van der Waals surface area contributed by atoms with Gasteiger partial charge in [0.25, 0.3) is 11.8 Å². The van der Waals surface area contributed by atoms with Crippen LogP contribution >= 0.6 is 0 Å². The summed E-state index contributed by atoms with van der Waals surface area (Å²) >= 11 is 0. The van der Waals surface area contributed by atoms with Crippen LogP contribution in [0.5, 0.6) is 0 Å². The fraction of sp³-hybridized carbons (Fsp3) is 0.143. The lowest BCUT2D eigenvalue weighted by atomic mass is 10.2. The van der Waals surface area contributed by atoms with Gasteiger partial charge in [0, 0.05) is 6.08 Å². The average molecular weight is 283 g/mol. The van der Waals surface area contributed by atoms with E-state index >= 15 is 0 Å². The third-order valence-corrected chi connectivity index (χ3v) is 3.16. The van der Waals surface area contributed by atoms with E-state index in [1.54, 1.807) is 19.1 Å². The Hall–Kier alpha value is -2.96. The number of benzene rings is 1. The van der Waals surface area contributed by atoms with Crippen LogP contribution in [-0.4, -0.2) is 26.6 Å². The molecule has 1 aromatic heterocycles. The molecule has 7 heteroatoms. The standard InChI is InChI=1S/C14H13N5O2/c1-8-3-5-10(6-4-8)18-12(20)7-11(13(18)21)19-14(15)16-9(2)17-19/h3-7H,1-2H3,(H2,15,16,17). The second-order valence-corrected chi connectivity index (χ2v) is 4.77. The van der Waals surface area contributed by atoms with Crippen molar-refractivity contribution in [2.24, 2.45) is 0 Å². The van der Waals surface area contributed by atoms with Crippen molar-refractivity contribution in [1.82, 2.24) is 14.8 Å². The Morgan fingerprint density at radius 1 is 1.10 bits per heavy atom. The van der Waals surface area contributed by atoms with Crippen molar-refractivity contribution >= 4 is 29.1 Å². The molecule has 0 spiro atoms. The van der Waals surface area contributed by atoms with Crippen molar-refractivity contribution in [2.45, 2.75) is 13.8 Å². The summed E-state index contributed by atoms with van der Waals surface area (Å²) in [5.74, 6) is -0.389. The molecule has 0 unspecified atom stereocenters. The number of anilines is 2. The maximum Gasteiger partial charge on any atom is 0.284 e. The molecule has 21 heavy (non-hydrogen) atoms. The molecule has 2 N–H and O–H groups in total. The molecule has 2 aromatic rings. The second-order valence-electron chi connectivity index (χ2n) is 4.77. The van der Waals surface area contributed by atoms with E-state index in [0.717, 1.165) is 10.5 Å². The molecule has 106 valence electrons. The fourth-order valence-corrected chi connectivity index (χ4v) is 2.16. The molecule has 0 bridgehead atoms. The van der Waals surface area contributed by atoms with Crippen LogP contribution in [0.4, 0.5) is 11.6 Å². The van der Waals surface area contributed by atoms with Gasteiger partial charge in [-0.1, -0.05) is 17.7 Å². The molecule has 0 radical (unpaired) electrons. The van der Waals surface area contributed by atoms with E-state index < -0.39 is 11.8 Å². The topological polar surface area (TPSA) is 94.1 Å². The molecular weight excluding hydrogens is 270 g/mol. The van der Waals surface area contributed by atoms with Crippen molar-refractivity contribution < 1.29 is 9.59 Å². The predicted octanol–water partition coefficient (Wildman–Crippen LogP) is 0.891. The summed E-state index contributed by atoms with van der Waals surface area (Å²) in [6.07, 6.45) is 1.21. The van der Waals surface area contributed by atoms with Crippen LogP contribution in [0.2, 0.25) is 0 Å². The van der Waals surface area contributed by atoms with Crippen molar-refractivity contribution in [3.63, 3.8) is 0 Å². The van der Waals surface area contributed by atoms with Gasteiger partial charge in [-0.25, -0.2) is 4.90 Å². The number of hydrogen-bond donors (Lipinski definition) is 1. The van der Waals surface area contributed by atoms with Crippen molar-refractivity contribution in [2.75, 3.05) is 10.6 Å². The van der Waals surface area contributed by atoms with Gasteiger partial charge in [-0.3, -0.25) is 9.59 Å². The van der Waals surface area contributed by atoms with E-state index in [4.69, 9.17) is 5.73 Å². The van der Waals surface area contributed by atoms with Crippen LogP contribution in [0.1, 0.15) is 11.4 Å². The lowest BCUT2D eigenvalue weighted by Gasteiger charge is -2.14. The summed E-state index contributed by atoms with van der Waals surface area (Å²) in [6, 6.07) is 7.11. The minimum Gasteiger partial charge on any atom is -0.368 e. The maximum absolute atomic E-state index is 12.5. The first-order chi connectivity index (χ1) is 9.97. The smallest absolute Gasteiger partial charge is 0.284 e. The van der Waals surface area contributed by atoms with Crippen LogP contribution in [-0.2, 0) is 9.59 Å². The highest BCUT2D eigenvalue weighted by atomic mass is 16.2. The van der Waals surface area contributed by atoms with Gasteiger partial charge in [-0.15, -0.1) is 5.10 Å². The van der Waals surface area contributed by atoms with Gasteiger partial charge >= 0.3 is 0 Å². The Morgan fingerprint density at radius 3 is 2.33 bits per heavy atom. The molecule has 0 aliphatic carbocycles. The summed E-state index contributed by atoms with van der Waals surface area (Å²) in [4.78, 5) is 29.6. The fourth-order valence-electron chi connectivity index (χ4n) is 2.16. The minimum atomic E-state index is -0.472. The van der Waals surface area contributed by atoms with E-state index in [1.165, 1.54) is 10.8 Å². The van der Waals surface area contributed by atoms with E-state index in [-0.39, 0.29) is 11.6 Å². The minimum absolute atomic E-state index is 0.0747. The number of aromatic nitrogens is 3. The molecule has 3 rings (SSSR count). The summed E-state index contributed by atoms with van der Waals surface area (Å²) in [5, 5.41) is 4.03. The largest absolute Gasteiger partial charge is 0.368 e. The monoisotopic (exact) mass is 283 g/mol. The lowest BCUT2D eigenvalue weighted by molar-refractivity contribution is -0.119. The van der Waals surface area contributed by atoms with E-state index in [9.17, 15) is 9.59 Å². The average Bonchev–Trinajstić information content (AvgIpc) is 2.91. The molecule has 1 aliphatic rings. The zero-order chi connectivity index (χ0) is 15.1. The number of nitrogens with zero attached hydrogens (tertiary/aromatic N) is 4. The highest BCUT2D eigenvalue weighted by molar-refractivity contribution is 6.40. The quantitative estimate of drug-likeness (QED) is 0.826. The highest BCUT2D eigenvalue weighted by Crippen LogP contribution is 2.25. The molecule has 7 nitrogen and oxygen atoms in total. The molecular formula is C14H13N5O2. The van der Waals surface area contributed by atoms with Crippen molar-refractivity contribution in [1.29, 1.82) is 0 Å². The summed E-state index contributed by atoms with van der Waals surface area (Å²) in [7, 11) is 0. The first kappa shape index (κ1) is 13.0. The number of nitrogen functional groups attached to an aromatic ring is 1. The zero-order valence-electron chi connectivity index (χ0n) is 11.6. The normalized spacial score (nSPS) is 14.8. The van der Waals surface area contributed by atoms with Crippen LogP contribution in [0, 0.1) is 13.8 Å². The lowest BCUT2D eigenvalue weighted by Crippen LogP contribution is -2.31. The predicted molar refractivity (Wildman–Crippen MR) is 77.1 cm³/mol. The third kappa shape index (κ3) is 2.08. The van der Waals surface area contributed by atoms with Crippen LogP contribution in [0.15, 0.2) is 30.3 Å². The molecule has 0 fully saturated rings. The number of amides is 2. The number of nitrogens with two attached hydrogens (primary N) is 1. The summed E-state index contributed by atoms with van der Waals surface area (Å²) in [6.45, 7) is 3.59. The van der Waals surface area contributed by atoms with Gasteiger partial charge in [-0.05, 0) is 26.0 Å². The first-order valence-corrected chi connectivity index (χ1v) is 6.33.